The third kappa shape index (κ3) is 3.23. The van der Waals surface area contributed by atoms with Crippen LogP contribution in [0.5, 0.6) is 0 Å². The molecule has 6 nitrogen and oxygen atoms in total. The summed E-state index contributed by atoms with van der Waals surface area (Å²) in [6.45, 7) is 0.635. The van der Waals surface area contributed by atoms with E-state index in [-0.39, 0.29) is 24.3 Å². The highest BCUT2D eigenvalue weighted by atomic mass is 32.1. The smallest absolute Gasteiger partial charge is 0.242 e. The predicted molar refractivity (Wildman–Crippen MR) is 73.6 cm³/mol. The minimum atomic E-state index is -0.345. The van der Waals surface area contributed by atoms with E-state index >= 15 is 0 Å². The van der Waals surface area contributed by atoms with Crippen molar-refractivity contribution in [2.24, 2.45) is 0 Å². The molecular weight excluding hydrogens is 264 g/mol. The minimum absolute atomic E-state index is 0.0569. The van der Waals surface area contributed by atoms with Gasteiger partial charge in [0.25, 0.3) is 0 Å². The molecule has 2 amide bonds. The summed E-state index contributed by atoms with van der Waals surface area (Å²) < 4.78 is 0. The lowest BCUT2D eigenvalue weighted by atomic mass is 10.0. The van der Waals surface area contributed by atoms with Gasteiger partial charge in [-0.25, -0.2) is 4.98 Å². The maximum Gasteiger partial charge on any atom is 0.242 e. The van der Waals surface area contributed by atoms with Crippen molar-refractivity contribution >= 4 is 28.3 Å². The minimum Gasteiger partial charge on any atom is -0.375 e. The summed E-state index contributed by atoms with van der Waals surface area (Å²) in [5.41, 5.74) is 6.22. The second kappa shape index (κ2) is 6.01. The van der Waals surface area contributed by atoms with Gasteiger partial charge in [-0.15, -0.1) is 11.3 Å². The zero-order valence-corrected chi connectivity index (χ0v) is 11.7. The van der Waals surface area contributed by atoms with Gasteiger partial charge in [0.2, 0.25) is 11.8 Å². The highest BCUT2D eigenvalue weighted by Gasteiger charge is 2.31. The molecule has 7 heteroatoms. The Kier molecular flexibility index (Phi) is 4.36. The van der Waals surface area contributed by atoms with E-state index in [1.54, 1.807) is 17.3 Å². The first-order valence-corrected chi connectivity index (χ1v) is 7.20. The molecule has 2 rings (SSSR count). The number of rotatable bonds is 3. The van der Waals surface area contributed by atoms with E-state index in [2.05, 4.69) is 10.3 Å². The molecule has 0 radical (unpaired) electrons. The van der Waals surface area contributed by atoms with Gasteiger partial charge in [-0.3, -0.25) is 9.59 Å². The number of aromatic nitrogens is 1. The van der Waals surface area contributed by atoms with E-state index in [1.807, 2.05) is 0 Å². The van der Waals surface area contributed by atoms with Crippen molar-refractivity contribution in [3.8, 4) is 0 Å². The summed E-state index contributed by atoms with van der Waals surface area (Å²) in [6, 6.07) is -0.345. The normalized spacial score (nSPS) is 19.2. The van der Waals surface area contributed by atoms with Crippen LogP contribution in [0.4, 0.5) is 5.13 Å². The number of likely N-dealkylation sites (N-methyl/N-ethyl adjacent to an activating group) is 1. The zero-order valence-electron chi connectivity index (χ0n) is 10.9. The lowest BCUT2D eigenvalue weighted by Crippen LogP contribution is -2.51. The number of nitrogens with two attached hydrogens (primary N) is 1. The van der Waals surface area contributed by atoms with E-state index in [0.29, 0.717) is 17.4 Å². The molecular formula is C12H18N4O2S. The van der Waals surface area contributed by atoms with E-state index in [0.717, 1.165) is 19.3 Å². The second-order valence-corrected chi connectivity index (χ2v) is 5.46. The monoisotopic (exact) mass is 282 g/mol. The Bertz CT molecular complexity index is 474. The van der Waals surface area contributed by atoms with Crippen LogP contribution in [-0.2, 0) is 16.0 Å². The quantitative estimate of drug-likeness (QED) is 0.839. The lowest BCUT2D eigenvalue weighted by Gasteiger charge is -2.34. The number of nitrogens with zero attached hydrogens (tertiary/aromatic N) is 2. The molecule has 1 aliphatic heterocycles. The van der Waals surface area contributed by atoms with Crippen LogP contribution in [0, 0.1) is 0 Å². The van der Waals surface area contributed by atoms with Gasteiger partial charge in [0, 0.05) is 19.0 Å². The Morgan fingerprint density at radius 3 is 3.00 bits per heavy atom. The van der Waals surface area contributed by atoms with Crippen LogP contribution in [0.3, 0.4) is 0 Å². The highest BCUT2D eigenvalue weighted by molar-refractivity contribution is 7.13. The molecule has 3 N–H and O–H groups in total. The predicted octanol–water partition coefficient (Wildman–Crippen LogP) is 0.395. The summed E-state index contributed by atoms with van der Waals surface area (Å²) in [5, 5.41) is 4.87. The number of thiazole rings is 1. The third-order valence-electron chi connectivity index (χ3n) is 3.27. The molecule has 1 atom stereocenters. The summed E-state index contributed by atoms with van der Waals surface area (Å²) in [6.07, 6.45) is 2.86. The van der Waals surface area contributed by atoms with Crippen LogP contribution in [0.25, 0.3) is 0 Å². The van der Waals surface area contributed by atoms with Crippen LogP contribution < -0.4 is 11.1 Å². The van der Waals surface area contributed by atoms with Crippen molar-refractivity contribution in [3.05, 3.63) is 11.1 Å². The maximum absolute atomic E-state index is 12.3. The van der Waals surface area contributed by atoms with Crippen LogP contribution in [0.15, 0.2) is 5.38 Å². The second-order valence-electron chi connectivity index (χ2n) is 4.57. The summed E-state index contributed by atoms with van der Waals surface area (Å²) in [7, 11) is 1.60. The van der Waals surface area contributed by atoms with E-state index in [1.165, 1.54) is 11.3 Å². The van der Waals surface area contributed by atoms with E-state index in [4.69, 9.17) is 5.73 Å². The Hall–Kier alpha value is -1.63. The van der Waals surface area contributed by atoms with Gasteiger partial charge in [0.15, 0.2) is 5.13 Å². The molecule has 1 aromatic heterocycles. The van der Waals surface area contributed by atoms with Crippen molar-refractivity contribution < 1.29 is 9.59 Å². The Balaban J connectivity index is 2.05. The molecule has 2 heterocycles. The molecule has 0 spiro atoms. The number of hydrogen-bond acceptors (Lipinski definition) is 5. The molecule has 1 saturated heterocycles. The van der Waals surface area contributed by atoms with Crippen LogP contribution in [-0.4, -0.2) is 41.3 Å². The molecule has 1 unspecified atom stereocenters. The largest absolute Gasteiger partial charge is 0.375 e. The summed E-state index contributed by atoms with van der Waals surface area (Å²) in [4.78, 5) is 29.8. The molecule has 19 heavy (non-hydrogen) atoms. The molecule has 1 aliphatic rings. The zero-order chi connectivity index (χ0) is 13.8. The SMILES string of the molecule is CNC(=O)C1CCCCN1C(=O)Cc1csc(N)n1. The van der Waals surface area contributed by atoms with Crippen molar-refractivity contribution in [1.82, 2.24) is 15.2 Å². The first-order valence-electron chi connectivity index (χ1n) is 6.32. The maximum atomic E-state index is 12.3. The van der Waals surface area contributed by atoms with Crippen LogP contribution in [0.1, 0.15) is 25.0 Å². The van der Waals surface area contributed by atoms with Gasteiger partial charge in [-0.1, -0.05) is 0 Å². The number of nitrogen functional groups attached to an aromatic ring is 1. The Morgan fingerprint density at radius 2 is 2.37 bits per heavy atom. The average molecular weight is 282 g/mol. The molecule has 0 aromatic carbocycles. The van der Waals surface area contributed by atoms with E-state index in [9.17, 15) is 9.59 Å². The molecule has 1 fully saturated rings. The number of nitrogens with one attached hydrogen (secondary N) is 1. The van der Waals surface area contributed by atoms with Gasteiger partial charge < -0.3 is 16.0 Å². The standard InChI is InChI=1S/C12H18N4O2S/c1-14-11(18)9-4-2-3-5-16(9)10(17)6-8-7-19-12(13)15-8/h7,9H,2-6H2,1H3,(H2,13,15)(H,14,18). The fraction of sp³-hybridized carbons (Fsp3) is 0.583. The number of amides is 2. The van der Waals surface area contributed by atoms with Gasteiger partial charge in [-0.05, 0) is 19.3 Å². The number of anilines is 1. The first kappa shape index (κ1) is 13.8. The molecule has 0 aliphatic carbocycles. The van der Waals surface area contributed by atoms with Gasteiger partial charge in [0.05, 0.1) is 12.1 Å². The van der Waals surface area contributed by atoms with Crippen LogP contribution in [0.2, 0.25) is 0 Å². The molecule has 1 aromatic rings. The van der Waals surface area contributed by atoms with Gasteiger partial charge in [-0.2, -0.15) is 0 Å². The summed E-state index contributed by atoms with van der Waals surface area (Å²) in [5.74, 6) is -0.149. The van der Waals surface area contributed by atoms with E-state index < -0.39 is 0 Å². The number of carbonyl (C=O) groups excluding carboxylic acids is 2. The Morgan fingerprint density at radius 1 is 1.58 bits per heavy atom. The van der Waals surface area contributed by atoms with Gasteiger partial charge >= 0.3 is 0 Å². The third-order valence-corrected chi connectivity index (χ3v) is 4.00. The highest BCUT2D eigenvalue weighted by Crippen LogP contribution is 2.19. The van der Waals surface area contributed by atoms with Crippen molar-refractivity contribution in [1.29, 1.82) is 0 Å². The number of hydrogen-bond donors (Lipinski definition) is 2. The number of likely N-dealkylation sites (tertiary alicyclic amines) is 1. The Labute approximate surface area is 116 Å². The average Bonchev–Trinajstić information content (AvgIpc) is 2.83. The summed E-state index contributed by atoms with van der Waals surface area (Å²) >= 11 is 1.32. The van der Waals surface area contributed by atoms with Crippen molar-refractivity contribution in [2.45, 2.75) is 31.7 Å². The number of carbonyl (C=O) groups is 2. The topological polar surface area (TPSA) is 88.3 Å². The fourth-order valence-electron chi connectivity index (χ4n) is 2.33. The molecule has 0 bridgehead atoms. The first-order chi connectivity index (χ1) is 9.11. The van der Waals surface area contributed by atoms with Gasteiger partial charge in [0.1, 0.15) is 6.04 Å². The lowest BCUT2D eigenvalue weighted by molar-refractivity contribution is -0.141. The van der Waals surface area contributed by atoms with Crippen molar-refractivity contribution in [2.75, 3.05) is 19.3 Å². The van der Waals surface area contributed by atoms with Crippen LogP contribution >= 0.6 is 11.3 Å². The number of piperidine rings is 1. The fourth-order valence-corrected chi connectivity index (χ4v) is 2.89. The van der Waals surface area contributed by atoms with Crippen molar-refractivity contribution in [3.63, 3.8) is 0 Å². The molecule has 0 saturated carbocycles. The molecule has 104 valence electrons.